The minimum absolute atomic E-state index is 0.0865. The van der Waals surface area contributed by atoms with Gasteiger partial charge in [-0.25, -0.2) is 0 Å². The van der Waals surface area contributed by atoms with E-state index in [1.165, 1.54) is 0 Å². The third-order valence-electron chi connectivity index (χ3n) is 1.85. The van der Waals surface area contributed by atoms with Crippen LogP contribution in [0.3, 0.4) is 0 Å². The molecule has 5 heteroatoms. The summed E-state index contributed by atoms with van der Waals surface area (Å²) in [5.41, 5.74) is 0. The van der Waals surface area contributed by atoms with Crippen LogP contribution < -0.4 is 0 Å². The fraction of sp³-hybridized carbons (Fsp3) is 1.00. The maximum Gasteiger partial charge on any atom is 0.323 e. The Morgan fingerprint density at radius 2 is 2.07 bits per heavy atom. The quantitative estimate of drug-likeness (QED) is 0.378. The first-order valence-corrected chi connectivity index (χ1v) is 7.58. The van der Waals surface area contributed by atoms with Crippen molar-refractivity contribution in [2.24, 2.45) is 0 Å². The van der Waals surface area contributed by atoms with Crippen molar-refractivity contribution in [3.63, 3.8) is 0 Å². The van der Waals surface area contributed by atoms with Crippen LogP contribution in [-0.2, 0) is 13.6 Å². The molecular formula is C9H22O3SSi. The molecule has 2 atom stereocenters. The van der Waals surface area contributed by atoms with Crippen LogP contribution in [0.4, 0.5) is 0 Å². The summed E-state index contributed by atoms with van der Waals surface area (Å²) in [5.74, 6) is 0.891. The molecule has 86 valence electrons. The third-order valence-corrected chi connectivity index (χ3v) is 4.18. The molecule has 0 saturated heterocycles. The molecule has 0 heterocycles. The molecule has 0 spiro atoms. The van der Waals surface area contributed by atoms with Gasteiger partial charge >= 0.3 is 9.28 Å². The van der Waals surface area contributed by atoms with Gasteiger partial charge in [-0.1, -0.05) is 6.92 Å². The molecule has 0 N–H and O–H groups in total. The van der Waals surface area contributed by atoms with Crippen LogP contribution in [-0.4, -0.2) is 35.0 Å². The molecule has 0 aliphatic heterocycles. The van der Waals surface area contributed by atoms with E-state index in [9.17, 15) is 0 Å². The van der Waals surface area contributed by atoms with Gasteiger partial charge in [-0.3, -0.25) is 0 Å². The van der Waals surface area contributed by atoms with E-state index in [1.807, 2.05) is 6.92 Å². The number of thiol groups is 1. The molecule has 0 rings (SSSR count). The summed E-state index contributed by atoms with van der Waals surface area (Å²) in [6.45, 7) is 4.72. The first-order chi connectivity index (χ1) is 6.78. The molecule has 0 aromatic rings. The van der Waals surface area contributed by atoms with Crippen molar-refractivity contribution in [3.8, 4) is 0 Å². The maximum absolute atomic E-state index is 5.75. The van der Waals surface area contributed by atoms with Crippen molar-refractivity contribution in [2.75, 3.05) is 19.5 Å². The third kappa shape index (κ3) is 6.84. The topological polar surface area (TPSA) is 27.7 Å². The van der Waals surface area contributed by atoms with Crippen LogP contribution in [0.15, 0.2) is 0 Å². The van der Waals surface area contributed by atoms with Gasteiger partial charge in [0.2, 0.25) is 0 Å². The average molecular weight is 238 g/mol. The van der Waals surface area contributed by atoms with Crippen LogP contribution in [0.5, 0.6) is 0 Å². The highest BCUT2D eigenvalue weighted by Gasteiger charge is 2.16. The van der Waals surface area contributed by atoms with Crippen molar-refractivity contribution in [3.05, 3.63) is 0 Å². The van der Waals surface area contributed by atoms with E-state index in [1.54, 1.807) is 7.11 Å². The van der Waals surface area contributed by atoms with Gasteiger partial charge in [-0.15, -0.1) is 0 Å². The summed E-state index contributed by atoms with van der Waals surface area (Å²) in [4.78, 5) is 0. The lowest BCUT2D eigenvalue weighted by molar-refractivity contribution is -0.0891. The van der Waals surface area contributed by atoms with Crippen molar-refractivity contribution < 1.29 is 13.6 Å². The van der Waals surface area contributed by atoms with Gasteiger partial charge in [0, 0.05) is 13.7 Å². The van der Waals surface area contributed by atoms with Crippen molar-refractivity contribution >= 4 is 21.9 Å². The lowest BCUT2D eigenvalue weighted by Crippen LogP contribution is -2.29. The molecule has 3 nitrogen and oxygen atoms in total. The molecular weight excluding hydrogens is 216 g/mol. The zero-order valence-electron chi connectivity index (χ0n) is 9.36. The van der Waals surface area contributed by atoms with E-state index in [2.05, 4.69) is 19.6 Å². The molecule has 0 saturated carbocycles. The molecule has 0 fully saturated rings. The molecule has 14 heavy (non-hydrogen) atoms. The second-order valence-electron chi connectivity index (χ2n) is 2.96. The highest BCUT2D eigenvalue weighted by molar-refractivity contribution is 7.80. The van der Waals surface area contributed by atoms with Gasteiger partial charge in [-0.2, -0.15) is 12.6 Å². The van der Waals surface area contributed by atoms with E-state index >= 15 is 0 Å². The summed E-state index contributed by atoms with van der Waals surface area (Å²) >= 11 is 4.17. The van der Waals surface area contributed by atoms with Gasteiger partial charge < -0.3 is 13.6 Å². The molecule has 0 bridgehead atoms. The molecule has 0 aliphatic rings. The molecule has 0 aromatic carbocycles. The molecule has 0 aromatic heterocycles. The van der Waals surface area contributed by atoms with Crippen LogP contribution in [0.1, 0.15) is 26.7 Å². The van der Waals surface area contributed by atoms with E-state index in [4.69, 9.17) is 13.6 Å². The molecule has 2 unspecified atom stereocenters. The van der Waals surface area contributed by atoms with E-state index in [0.717, 1.165) is 24.6 Å². The first-order valence-electron chi connectivity index (χ1n) is 5.19. The first kappa shape index (κ1) is 14.4. The number of hydrogen-bond acceptors (Lipinski definition) is 4. The van der Waals surface area contributed by atoms with Crippen molar-refractivity contribution in [1.29, 1.82) is 0 Å². The minimum Gasteiger partial charge on any atom is -0.400 e. The monoisotopic (exact) mass is 238 g/mol. The Morgan fingerprint density at radius 3 is 2.50 bits per heavy atom. The Hall–Kier alpha value is 0.447. The van der Waals surface area contributed by atoms with Gasteiger partial charge in [0.05, 0.1) is 0 Å². The number of hydrogen-bond donors (Lipinski definition) is 1. The van der Waals surface area contributed by atoms with E-state index < -0.39 is 9.28 Å². The summed E-state index contributed by atoms with van der Waals surface area (Å²) in [7, 11) is 0.205. The zero-order chi connectivity index (χ0) is 10.8. The lowest BCUT2D eigenvalue weighted by Gasteiger charge is -2.21. The molecule has 0 radical (unpaired) electrons. The normalized spacial score (nSPS) is 15.4. The summed E-state index contributed by atoms with van der Waals surface area (Å²) in [5, 5.41) is 0. The Balaban J connectivity index is 3.75. The van der Waals surface area contributed by atoms with Crippen LogP contribution in [0, 0.1) is 0 Å². The van der Waals surface area contributed by atoms with Gasteiger partial charge in [0.15, 0.2) is 0 Å². The van der Waals surface area contributed by atoms with Crippen molar-refractivity contribution in [1.82, 2.24) is 0 Å². The van der Waals surface area contributed by atoms with Crippen molar-refractivity contribution in [2.45, 2.75) is 39.0 Å². The fourth-order valence-electron chi connectivity index (χ4n) is 1.11. The van der Waals surface area contributed by atoms with Crippen LogP contribution >= 0.6 is 12.6 Å². The molecule has 0 aliphatic carbocycles. The number of rotatable bonds is 9. The SMILES string of the molecule is CCOC(CC)O[SiH](CCCS)OC. The highest BCUT2D eigenvalue weighted by Crippen LogP contribution is 2.08. The summed E-state index contributed by atoms with van der Waals surface area (Å²) in [6, 6.07) is 1.00. The summed E-state index contributed by atoms with van der Waals surface area (Å²) in [6.07, 6.45) is 1.84. The predicted octanol–water partition coefficient (Wildman–Crippen LogP) is 1.96. The average Bonchev–Trinajstić information content (AvgIpc) is 2.22. The van der Waals surface area contributed by atoms with Gasteiger partial charge in [0.25, 0.3) is 0 Å². The molecule has 0 amide bonds. The minimum atomic E-state index is -1.51. The Bertz CT molecular complexity index is 127. The maximum atomic E-state index is 5.75. The predicted molar refractivity (Wildman–Crippen MR) is 64.2 cm³/mol. The smallest absolute Gasteiger partial charge is 0.323 e. The van der Waals surface area contributed by atoms with Gasteiger partial charge in [0.1, 0.15) is 6.29 Å². The standard InChI is InChI=1S/C9H22O3SSi/c1-4-9(11-5-2)12-14(10-3)8-6-7-13/h9,13-14H,4-8H2,1-3H3. The van der Waals surface area contributed by atoms with E-state index in [-0.39, 0.29) is 6.29 Å². The largest absolute Gasteiger partial charge is 0.400 e. The lowest BCUT2D eigenvalue weighted by atomic mass is 10.5. The Morgan fingerprint density at radius 1 is 1.36 bits per heavy atom. The summed E-state index contributed by atoms with van der Waals surface area (Å²) < 4.78 is 16.5. The Kier molecular flexibility index (Phi) is 10.3. The Labute approximate surface area is 94.4 Å². The second-order valence-corrected chi connectivity index (χ2v) is 5.59. The highest BCUT2D eigenvalue weighted by atomic mass is 32.1. The van der Waals surface area contributed by atoms with Gasteiger partial charge in [-0.05, 0) is 31.6 Å². The zero-order valence-corrected chi connectivity index (χ0v) is 11.4. The second kappa shape index (κ2) is 9.98. The van der Waals surface area contributed by atoms with Crippen LogP contribution in [0.25, 0.3) is 0 Å². The number of ether oxygens (including phenoxy) is 1. The fourth-order valence-corrected chi connectivity index (χ4v) is 3.26. The van der Waals surface area contributed by atoms with E-state index in [0.29, 0.717) is 6.61 Å². The van der Waals surface area contributed by atoms with Crippen LogP contribution in [0.2, 0.25) is 6.04 Å².